The van der Waals surface area contributed by atoms with Gasteiger partial charge in [0.15, 0.2) is 23.4 Å². The highest BCUT2D eigenvalue weighted by Gasteiger charge is 2.44. The van der Waals surface area contributed by atoms with Crippen LogP contribution in [0, 0.1) is 0 Å². The molecule has 0 spiro atoms. The van der Waals surface area contributed by atoms with Crippen molar-refractivity contribution in [3.05, 3.63) is 126 Å². The van der Waals surface area contributed by atoms with Crippen LogP contribution in [0.1, 0.15) is 27.2 Å². The molecule has 3 aromatic carbocycles. The van der Waals surface area contributed by atoms with E-state index in [-0.39, 0.29) is 30.4 Å². The Bertz CT molecular complexity index is 1410. The first-order valence-corrected chi connectivity index (χ1v) is 13.7. The van der Waals surface area contributed by atoms with E-state index in [1.54, 1.807) is 0 Å². The number of pyridine rings is 1. The molecule has 1 aromatic heterocycles. The van der Waals surface area contributed by atoms with Gasteiger partial charge in [0.25, 0.3) is 5.91 Å². The number of hydrogen-bond donors (Lipinski definition) is 2. The molecule has 0 aliphatic carbocycles. The molecule has 9 heteroatoms. The van der Waals surface area contributed by atoms with Crippen molar-refractivity contribution in [2.45, 2.75) is 44.4 Å². The molecule has 0 unspecified atom stereocenters. The molecule has 9 nitrogen and oxygen atoms in total. The molecule has 0 bridgehead atoms. The summed E-state index contributed by atoms with van der Waals surface area (Å²) in [4.78, 5) is 17.4. The number of benzene rings is 3. The topological polar surface area (TPSA) is 108 Å². The van der Waals surface area contributed by atoms with Crippen molar-refractivity contribution in [2.75, 3.05) is 13.7 Å². The van der Waals surface area contributed by atoms with Crippen LogP contribution >= 0.6 is 0 Å². The van der Waals surface area contributed by atoms with E-state index >= 15 is 0 Å². The van der Waals surface area contributed by atoms with Crippen LogP contribution in [-0.4, -0.2) is 54.3 Å². The van der Waals surface area contributed by atoms with Crippen molar-refractivity contribution in [1.82, 2.24) is 10.3 Å². The lowest BCUT2D eigenvalue weighted by Crippen LogP contribution is -2.61. The molecule has 1 amide bonds. The van der Waals surface area contributed by atoms with Gasteiger partial charge in [-0.05, 0) is 16.7 Å². The summed E-state index contributed by atoms with van der Waals surface area (Å²) in [5.41, 5.74) is 2.75. The average Bonchev–Trinajstić information content (AvgIpc) is 3.04. The van der Waals surface area contributed by atoms with E-state index in [2.05, 4.69) is 10.3 Å². The van der Waals surface area contributed by atoms with Gasteiger partial charge in [-0.2, -0.15) is 0 Å². The summed E-state index contributed by atoms with van der Waals surface area (Å²) in [5.74, 6) is -0.874. The zero-order valence-corrected chi connectivity index (χ0v) is 23.3. The van der Waals surface area contributed by atoms with Crippen molar-refractivity contribution in [2.24, 2.45) is 0 Å². The number of methoxy groups -OCH3 is 1. The molecule has 42 heavy (non-hydrogen) atoms. The molecule has 0 radical (unpaired) electrons. The maximum Gasteiger partial charge on any atom is 0.275 e. The van der Waals surface area contributed by atoms with Gasteiger partial charge in [-0.25, -0.2) is 4.98 Å². The van der Waals surface area contributed by atoms with E-state index in [1.165, 1.54) is 19.4 Å². The second-order valence-electron chi connectivity index (χ2n) is 9.80. The fraction of sp³-hybridized carbons (Fsp3) is 0.273. The number of hydrogen-bond acceptors (Lipinski definition) is 8. The molecule has 0 saturated carbocycles. The van der Waals surface area contributed by atoms with Crippen LogP contribution in [0.15, 0.2) is 103 Å². The summed E-state index contributed by atoms with van der Waals surface area (Å²) in [5, 5.41) is 13.4. The summed E-state index contributed by atoms with van der Waals surface area (Å²) < 4.78 is 30.5. The number of nitrogens with one attached hydrogen (secondary N) is 1. The van der Waals surface area contributed by atoms with E-state index in [4.69, 9.17) is 23.7 Å². The van der Waals surface area contributed by atoms with Crippen molar-refractivity contribution in [3.63, 3.8) is 0 Å². The average molecular weight is 571 g/mol. The van der Waals surface area contributed by atoms with Crippen molar-refractivity contribution >= 4 is 5.91 Å². The van der Waals surface area contributed by atoms with Crippen LogP contribution in [0.25, 0.3) is 0 Å². The molecule has 218 valence electrons. The Hall–Kier alpha value is -4.28. The highest BCUT2D eigenvalue weighted by molar-refractivity contribution is 5.95. The number of amides is 1. The van der Waals surface area contributed by atoms with Crippen LogP contribution in [0.2, 0.25) is 0 Å². The van der Waals surface area contributed by atoms with Crippen molar-refractivity contribution in [1.29, 1.82) is 0 Å². The number of aromatic nitrogens is 1. The minimum Gasteiger partial charge on any atom is -0.503 e. The molecule has 1 fully saturated rings. The van der Waals surface area contributed by atoms with E-state index in [9.17, 15) is 9.90 Å². The Labute approximate surface area is 245 Å². The van der Waals surface area contributed by atoms with E-state index in [0.29, 0.717) is 13.2 Å². The Kier molecular flexibility index (Phi) is 10.1. The van der Waals surface area contributed by atoms with Gasteiger partial charge in [0.05, 0.1) is 33.5 Å². The van der Waals surface area contributed by atoms with E-state index < -0.39 is 30.4 Å². The summed E-state index contributed by atoms with van der Waals surface area (Å²) in [6, 6.07) is 30.8. The monoisotopic (exact) mass is 570 g/mol. The van der Waals surface area contributed by atoms with E-state index in [1.807, 2.05) is 91.0 Å². The third-order valence-electron chi connectivity index (χ3n) is 6.90. The fourth-order valence-corrected chi connectivity index (χ4v) is 4.70. The first-order chi connectivity index (χ1) is 20.6. The summed E-state index contributed by atoms with van der Waals surface area (Å²) in [7, 11) is 1.40. The standard InChI is InChI=1S/C33H34N2O7/c1-38-26-17-18-34-28(29(26)36)32(37)35-33-31(41-21-25-15-9-4-10-16-25)30(40-20-24-13-7-3-8-14-24)27(22-42-33)39-19-23-11-5-2-6-12-23/h2-18,27,30-31,33,36H,19-22H2,1H3,(H,35,37)/t27-,30-,31+,33+/m0/s1. The SMILES string of the molecule is COc1ccnc(C(=O)N[C@@H]2OC[C@H](OCc3ccccc3)[C@H](OCc3ccccc3)[C@H]2OCc2ccccc2)c1O. The van der Waals surface area contributed by atoms with Crippen LogP contribution in [0.5, 0.6) is 11.5 Å². The third kappa shape index (κ3) is 7.51. The molecule has 1 saturated heterocycles. The second kappa shape index (κ2) is 14.6. The molecule has 2 N–H and O–H groups in total. The van der Waals surface area contributed by atoms with Gasteiger partial charge in [-0.3, -0.25) is 4.79 Å². The van der Waals surface area contributed by atoms with Crippen LogP contribution in [0.4, 0.5) is 0 Å². The molecule has 1 aliphatic heterocycles. The minimum atomic E-state index is -0.925. The largest absolute Gasteiger partial charge is 0.503 e. The van der Waals surface area contributed by atoms with Gasteiger partial charge in [0, 0.05) is 12.3 Å². The summed E-state index contributed by atoms with van der Waals surface area (Å²) >= 11 is 0. The molecule has 1 aliphatic rings. The zero-order valence-electron chi connectivity index (χ0n) is 23.3. The lowest BCUT2D eigenvalue weighted by molar-refractivity contribution is -0.241. The Morgan fingerprint density at radius 3 is 1.88 bits per heavy atom. The number of carbonyl (C=O) groups is 1. The number of carbonyl (C=O) groups excluding carboxylic acids is 1. The predicted molar refractivity (Wildman–Crippen MR) is 155 cm³/mol. The van der Waals surface area contributed by atoms with Gasteiger partial charge in [0.1, 0.15) is 18.3 Å². The number of nitrogens with zero attached hydrogens (tertiary/aromatic N) is 1. The first-order valence-electron chi connectivity index (χ1n) is 13.7. The first kappa shape index (κ1) is 29.2. The van der Waals surface area contributed by atoms with E-state index in [0.717, 1.165) is 16.7 Å². The highest BCUT2D eigenvalue weighted by Crippen LogP contribution is 2.29. The lowest BCUT2D eigenvalue weighted by atomic mass is 10.0. The maximum absolute atomic E-state index is 13.3. The van der Waals surface area contributed by atoms with Crippen molar-refractivity contribution < 1.29 is 33.6 Å². The quantitative estimate of drug-likeness (QED) is 0.254. The zero-order chi connectivity index (χ0) is 29.1. The van der Waals surface area contributed by atoms with Crippen LogP contribution in [-0.2, 0) is 38.8 Å². The minimum absolute atomic E-state index is 0.134. The summed E-state index contributed by atoms with van der Waals surface area (Å²) in [6.07, 6.45) is -1.40. The van der Waals surface area contributed by atoms with Gasteiger partial charge >= 0.3 is 0 Å². The Morgan fingerprint density at radius 1 is 0.810 bits per heavy atom. The molecule has 5 rings (SSSR count). The smallest absolute Gasteiger partial charge is 0.275 e. The number of aromatic hydroxyl groups is 1. The van der Waals surface area contributed by atoms with Crippen molar-refractivity contribution in [3.8, 4) is 11.5 Å². The fourth-order valence-electron chi connectivity index (χ4n) is 4.70. The summed E-state index contributed by atoms with van der Waals surface area (Å²) in [6.45, 7) is 1.05. The van der Waals surface area contributed by atoms with Gasteiger partial charge in [-0.15, -0.1) is 0 Å². The predicted octanol–water partition coefficient (Wildman–Crippen LogP) is 4.64. The number of rotatable bonds is 12. The Morgan fingerprint density at radius 2 is 1.33 bits per heavy atom. The van der Waals surface area contributed by atoms with Gasteiger partial charge in [0.2, 0.25) is 0 Å². The van der Waals surface area contributed by atoms with Gasteiger partial charge in [-0.1, -0.05) is 91.0 Å². The normalized spacial score (nSPS) is 20.1. The third-order valence-corrected chi connectivity index (χ3v) is 6.90. The highest BCUT2D eigenvalue weighted by atomic mass is 16.6. The lowest BCUT2D eigenvalue weighted by Gasteiger charge is -2.42. The second-order valence-corrected chi connectivity index (χ2v) is 9.80. The van der Waals surface area contributed by atoms with Gasteiger partial charge < -0.3 is 34.1 Å². The molecule has 4 atom stereocenters. The number of ether oxygens (including phenoxy) is 5. The molecule has 4 aromatic rings. The molecular formula is C33H34N2O7. The maximum atomic E-state index is 13.3. The van der Waals surface area contributed by atoms with Crippen LogP contribution in [0.3, 0.4) is 0 Å². The molecule has 2 heterocycles. The Balaban J connectivity index is 1.40. The molecular weight excluding hydrogens is 536 g/mol. The van der Waals surface area contributed by atoms with Crippen LogP contribution < -0.4 is 10.1 Å².